The number of benzene rings is 6. The lowest BCUT2D eigenvalue weighted by atomic mass is 9.63. The first kappa shape index (κ1) is 56.7. The van der Waals surface area contributed by atoms with Crippen molar-refractivity contribution in [3.63, 3.8) is 0 Å². The van der Waals surface area contributed by atoms with Crippen molar-refractivity contribution in [2.45, 2.75) is 222 Å². The van der Waals surface area contributed by atoms with E-state index in [0.717, 1.165) is 34.2 Å². The first-order chi connectivity index (χ1) is 34.4. The molecule has 6 heteroatoms. The molecule has 0 unspecified atom stereocenters. The molecular weight excluding hydrogens is 967 g/mol. The van der Waals surface area contributed by atoms with E-state index < -0.39 is 16.8 Å². The average Bonchev–Trinajstić information content (AvgIpc) is 3.46. The van der Waals surface area contributed by atoms with E-state index in [1.807, 2.05) is 0 Å². The quantitative estimate of drug-likeness (QED) is 0.130. The molecule has 3 aliphatic carbocycles. The molecule has 0 amide bonds. The SMILES string of the molecule is CC(C)(C)c1cc2c(c(C(C)(C)C)c1)-c1c3c(c4c(c1-c1c(cc(C(C)(C)C)cc1C(C)(C)C)C2)-c1c(cc(C(C)(C)C)cc1C(C)(C)C)Cc1cc(C(C)(C)C)cc(C(C)(C)C)c1-4)-c1c-3ccc(P(O)O)c1P(O)O. The van der Waals surface area contributed by atoms with Gasteiger partial charge in [0, 0.05) is 16.4 Å². The van der Waals surface area contributed by atoms with Crippen LogP contribution in [0.3, 0.4) is 0 Å². The molecule has 404 valence electrons. The minimum atomic E-state index is -2.78. The summed E-state index contributed by atoms with van der Waals surface area (Å²) in [7, 11) is -5.47. The maximum Gasteiger partial charge on any atom is 0.201 e. The topological polar surface area (TPSA) is 80.9 Å². The Bertz CT molecular complexity index is 3420. The van der Waals surface area contributed by atoms with Gasteiger partial charge in [0.25, 0.3) is 0 Å². The number of hydrogen-bond acceptors (Lipinski definition) is 4. The first-order valence-corrected chi connectivity index (χ1v) is 30.4. The van der Waals surface area contributed by atoms with Gasteiger partial charge in [-0.15, -0.1) is 0 Å². The molecular formula is C70H90O4P2. The first-order valence-electron chi connectivity index (χ1n) is 27.9. The zero-order valence-corrected chi connectivity index (χ0v) is 52.7. The van der Waals surface area contributed by atoms with Crippen LogP contribution in [-0.4, -0.2) is 19.6 Å². The molecule has 3 aliphatic rings. The zero-order valence-electron chi connectivity index (χ0n) is 50.9. The van der Waals surface area contributed by atoms with Crippen LogP contribution in [0.1, 0.15) is 233 Å². The van der Waals surface area contributed by atoms with Gasteiger partial charge in [-0.3, -0.25) is 0 Å². The van der Waals surface area contributed by atoms with Crippen molar-refractivity contribution >= 4 is 27.4 Å². The van der Waals surface area contributed by atoms with E-state index in [0.29, 0.717) is 6.42 Å². The van der Waals surface area contributed by atoms with E-state index in [-0.39, 0.29) is 53.9 Å². The summed E-state index contributed by atoms with van der Waals surface area (Å²) >= 11 is 0. The highest BCUT2D eigenvalue weighted by Crippen LogP contribution is 2.68. The summed E-state index contributed by atoms with van der Waals surface area (Å²) in [4.78, 5) is 46.2. The molecule has 0 radical (unpaired) electrons. The Labute approximate surface area is 461 Å². The van der Waals surface area contributed by atoms with Gasteiger partial charge in [0.15, 0.2) is 8.38 Å². The second-order valence-corrected chi connectivity index (χ2v) is 33.4. The standard InChI is InChI=1S/C70H90O4P2/c1-63(2,3)41-29-37-27-38-30-42(64(4,5)6)34-47(68(16,17)18)52(38)58-57(51(37)46(33-41)67(13,14)15)55-45-25-26-50(75(71)72)62(76(73)74)56(45)61(55)60-54-40(32-44(66(10,11)12)36-49(54)70(22,23)24)28-39-31-43(65(7,8)9)35-48(69(19,20)21)53(39)59(58)60/h25-26,29-36,71-74H,27-28H2,1-24H3. The zero-order chi connectivity index (χ0) is 56.7. The Morgan fingerprint density at radius 1 is 0.276 bits per heavy atom. The van der Waals surface area contributed by atoms with E-state index in [1.165, 1.54) is 106 Å². The van der Waals surface area contributed by atoms with Gasteiger partial charge in [-0.25, -0.2) is 0 Å². The minimum Gasteiger partial charge on any atom is -0.347 e. The smallest absolute Gasteiger partial charge is 0.201 e. The Balaban J connectivity index is 1.76. The van der Waals surface area contributed by atoms with Crippen molar-refractivity contribution in [2.24, 2.45) is 0 Å². The molecule has 4 nitrogen and oxygen atoms in total. The molecule has 6 aromatic carbocycles. The second-order valence-electron chi connectivity index (χ2n) is 31.3. The molecule has 6 aromatic rings. The van der Waals surface area contributed by atoms with Gasteiger partial charge in [0.1, 0.15) is 0 Å². The van der Waals surface area contributed by atoms with Gasteiger partial charge < -0.3 is 19.6 Å². The van der Waals surface area contributed by atoms with Crippen molar-refractivity contribution in [1.29, 1.82) is 0 Å². The molecule has 0 saturated carbocycles. The molecule has 9 rings (SSSR count). The predicted octanol–water partition coefficient (Wildman–Crippen LogP) is 18.0. The van der Waals surface area contributed by atoms with Crippen LogP contribution in [0.25, 0.3) is 66.8 Å². The predicted molar refractivity (Wildman–Crippen MR) is 330 cm³/mol. The third-order valence-electron chi connectivity index (χ3n) is 16.9. The van der Waals surface area contributed by atoms with Crippen molar-refractivity contribution in [2.75, 3.05) is 0 Å². The minimum absolute atomic E-state index is 0.131. The van der Waals surface area contributed by atoms with Crippen molar-refractivity contribution in [3.8, 4) is 66.8 Å². The van der Waals surface area contributed by atoms with E-state index in [4.69, 9.17) is 0 Å². The summed E-state index contributed by atoms with van der Waals surface area (Å²) in [5.41, 5.74) is 27.3. The lowest BCUT2D eigenvalue weighted by Crippen LogP contribution is -2.28. The van der Waals surface area contributed by atoms with E-state index in [2.05, 4.69) is 221 Å². The molecule has 0 spiro atoms. The normalized spacial score (nSPS) is 14.7. The van der Waals surface area contributed by atoms with Crippen LogP contribution in [0, 0.1) is 0 Å². The summed E-state index contributed by atoms with van der Waals surface area (Å²) in [6.45, 7) is 56.5. The van der Waals surface area contributed by atoms with Crippen LogP contribution in [0.15, 0.2) is 60.7 Å². The molecule has 76 heavy (non-hydrogen) atoms. The van der Waals surface area contributed by atoms with Crippen molar-refractivity contribution in [3.05, 3.63) is 127 Å². The van der Waals surface area contributed by atoms with Gasteiger partial charge in [-0.05, 0) is 185 Å². The van der Waals surface area contributed by atoms with Gasteiger partial charge in [-0.1, -0.05) is 221 Å². The van der Waals surface area contributed by atoms with Crippen LogP contribution in [0.4, 0.5) is 0 Å². The van der Waals surface area contributed by atoms with Gasteiger partial charge in [-0.2, -0.15) is 0 Å². The lowest BCUT2D eigenvalue weighted by molar-refractivity contribution is 0.492. The van der Waals surface area contributed by atoms with E-state index >= 15 is 0 Å². The highest BCUT2D eigenvalue weighted by molar-refractivity contribution is 7.61. The highest BCUT2D eigenvalue weighted by Gasteiger charge is 2.47. The molecule has 0 atom stereocenters. The van der Waals surface area contributed by atoms with E-state index in [1.54, 1.807) is 6.07 Å². The van der Waals surface area contributed by atoms with Crippen LogP contribution in [-0.2, 0) is 56.2 Å². The highest BCUT2D eigenvalue weighted by atomic mass is 31.2. The molecule has 0 aliphatic heterocycles. The maximum atomic E-state index is 11.9. The summed E-state index contributed by atoms with van der Waals surface area (Å²) < 4.78 is 0. The number of rotatable bonds is 2. The molecule has 0 aromatic heterocycles. The Morgan fingerprint density at radius 3 is 0.750 bits per heavy atom. The fourth-order valence-electron chi connectivity index (χ4n) is 12.7. The lowest BCUT2D eigenvalue weighted by Gasteiger charge is -2.40. The molecule has 0 saturated heterocycles. The van der Waals surface area contributed by atoms with Gasteiger partial charge in [0.2, 0.25) is 8.38 Å². The third kappa shape index (κ3) is 9.34. The van der Waals surface area contributed by atoms with E-state index in [9.17, 15) is 19.6 Å². The average molecular weight is 1060 g/mol. The fourth-order valence-corrected chi connectivity index (χ4v) is 14.4. The van der Waals surface area contributed by atoms with Crippen molar-refractivity contribution in [1.82, 2.24) is 0 Å². The Kier molecular flexibility index (Phi) is 13.3. The largest absolute Gasteiger partial charge is 0.347 e. The van der Waals surface area contributed by atoms with Gasteiger partial charge in [0.05, 0.1) is 5.30 Å². The van der Waals surface area contributed by atoms with Crippen molar-refractivity contribution < 1.29 is 19.6 Å². The summed E-state index contributed by atoms with van der Waals surface area (Å²) in [5, 5.41) is 0.434. The third-order valence-corrected chi connectivity index (χ3v) is 18.8. The summed E-state index contributed by atoms with van der Waals surface area (Å²) in [6.07, 6.45) is 1.44. The van der Waals surface area contributed by atoms with Crippen LogP contribution < -0.4 is 10.6 Å². The number of fused-ring (bicyclic) bond motifs is 17. The number of hydrogen-bond donors (Lipinski definition) is 4. The van der Waals surface area contributed by atoms with Crippen LogP contribution in [0.2, 0.25) is 0 Å². The monoisotopic (exact) mass is 1060 g/mol. The molecule has 4 N–H and O–H groups in total. The molecule has 0 fully saturated rings. The molecule has 0 heterocycles. The maximum absolute atomic E-state index is 11.9. The summed E-state index contributed by atoms with van der Waals surface area (Å²) in [5.74, 6) is 0. The molecule has 0 bridgehead atoms. The fraction of sp³-hybridized carbons (Fsp3) is 0.486. The Hall–Kier alpha value is -3.98. The van der Waals surface area contributed by atoms with Crippen LogP contribution >= 0.6 is 16.8 Å². The summed E-state index contributed by atoms with van der Waals surface area (Å²) in [6, 6.07) is 24.0. The van der Waals surface area contributed by atoms with Gasteiger partial charge >= 0.3 is 0 Å². The van der Waals surface area contributed by atoms with Crippen LogP contribution in [0.5, 0.6) is 0 Å². The second kappa shape index (κ2) is 17.8. The Morgan fingerprint density at radius 2 is 0.526 bits per heavy atom.